The lowest BCUT2D eigenvalue weighted by atomic mass is 10.2. The summed E-state index contributed by atoms with van der Waals surface area (Å²) in [6.07, 6.45) is 4.21. The van der Waals surface area contributed by atoms with Crippen LogP contribution in [0.15, 0.2) is 42.7 Å². The lowest BCUT2D eigenvalue weighted by Gasteiger charge is -2.22. The van der Waals surface area contributed by atoms with Gasteiger partial charge in [0.2, 0.25) is 0 Å². The Hall–Kier alpha value is -2.76. The van der Waals surface area contributed by atoms with Crippen LogP contribution in [0.1, 0.15) is 27.1 Å². The van der Waals surface area contributed by atoms with Gasteiger partial charge in [-0.15, -0.1) is 0 Å². The highest BCUT2D eigenvalue weighted by atomic mass is 16.5. The summed E-state index contributed by atoms with van der Waals surface area (Å²) >= 11 is 0. The number of methoxy groups -OCH3 is 1. The zero-order chi connectivity index (χ0) is 16.9. The summed E-state index contributed by atoms with van der Waals surface area (Å²) in [6, 6.07) is 8.93. The molecule has 2 amide bonds. The third-order valence-electron chi connectivity index (χ3n) is 4.23. The van der Waals surface area contributed by atoms with Crippen LogP contribution >= 0.6 is 0 Å². The molecule has 1 saturated heterocycles. The number of ether oxygens (including phenoxy) is 1. The Morgan fingerprint density at radius 1 is 1.00 bits per heavy atom. The summed E-state index contributed by atoms with van der Waals surface area (Å²) in [5.74, 6) is 0.650. The van der Waals surface area contributed by atoms with Gasteiger partial charge >= 0.3 is 0 Å². The van der Waals surface area contributed by atoms with E-state index in [1.54, 1.807) is 42.6 Å². The number of carbonyl (C=O) groups is 2. The molecule has 3 rings (SSSR count). The van der Waals surface area contributed by atoms with Gasteiger partial charge in [0, 0.05) is 44.1 Å². The van der Waals surface area contributed by atoms with Crippen molar-refractivity contribution < 1.29 is 14.3 Å². The van der Waals surface area contributed by atoms with Gasteiger partial charge in [-0.05, 0) is 30.7 Å². The number of rotatable bonds is 3. The zero-order valence-corrected chi connectivity index (χ0v) is 13.7. The van der Waals surface area contributed by atoms with Crippen molar-refractivity contribution in [3.63, 3.8) is 0 Å². The van der Waals surface area contributed by atoms with Crippen LogP contribution in [0.5, 0.6) is 5.75 Å². The van der Waals surface area contributed by atoms with Gasteiger partial charge in [0.1, 0.15) is 5.75 Å². The smallest absolute Gasteiger partial charge is 0.255 e. The largest absolute Gasteiger partial charge is 0.497 e. The van der Waals surface area contributed by atoms with E-state index in [0.29, 0.717) is 43.1 Å². The highest BCUT2D eigenvalue weighted by Gasteiger charge is 2.23. The molecule has 1 aromatic carbocycles. The monoisotopic (exact) mass is 327 g/mol. The maximum absolute atomic E-state index is 12.7. The quantitative estimate of drug-likeness (QED) is 0.938. The van der Waals surface area contributed by atoms with E-state index >= 15 is 0 Å². The first-order valence-corrected chi connectivity index (χ1v) is 8.04. The minimum atomic E-state index is -0.0233. The minimum Gasteiger partial charge on any atom is -0.497 e. The molecule has 6 nitrogen and oxygen atoms in total. The zero-order valence-electron chi connectivity index (χ0n) is 13.7. The van der Waals surface area contributed by atoms with Crippen LogP contribution in [0.4, 0.5) is 0 Å². The van der Waals surface area contributed by atoms with Crippen LogP contribution in [-0.4, -0.2) is 59.9 Å². The molecular weight excluding hydrogens is 306 g/mol. The second kappa shape index (κ2) is 7.21. The third kappa shape index (κ3) is 3.42. The van der Waals surface area contributed by atoms with Gasteiger partial charge in [-0.3, -0.25) is 9.59 Å². The molecule has 2 aromatic rings. The highest BCUT2D eigenvalue weighted by Crippen LogP contribution is 2.16. The van der Waals surface area contributed by atoms with Gasteiger partial charge in [-0.25, -0.2) is 0 Å². The van der Waals surface area contributed by atoms with Gasteiger partial charge < -0.3 is 19.5 Å². The Labute approximate surface area is 141 Å². The number of hydrogen-bond donors (Lipinski definition) is 1. The molecule has 0 atom stereocenters. The maximum Gasteiger partial charge on any atom is 0.255 e. The molecule has 0 radical (unpaired) electrons. The molecule has 1 aromatic heterocycles. The van der Waals surface area contributed by atoms with Crippen LogP contribution in [0.2, 0.25) is 0 Å². The number of carbonyl (C=O) groups excluding carboxylic acids is 2. The summed E-state index contributed by atoms with van der Waals surface area (Å²) in [7, 11) is 1.58. The van der Waals surface area contributed by atoms with Crippen LogP contribution in [0, 0.1) is 0 Å². The number of hydrogen-bond acceptors (Lipinski definition) is 3. The molecule has 0 bridgehead atoms. The number of benzene rings is 1. The number of nitrogens with zero attached hydrogens (tertiary/aromatic N) is 2. The van der Waals surface area contributed by atoms with E-state index < -0.39 is 0 Å². The maximum atomic E-state index is 12.7. The average Bonchev–Trinajstić information content (AvgIpc) is 3.05. The summed E-state index contributed by atoms with van der Waals surface area (Å²) in [4.78, 5) is 31.6. The lowest BCUT2D eigenvalue weighted by Crippen LogP contribution is -2.37. The van der Waals surface area contributed by atoms with Crippen LogP contribution in [-0.2, 0) is 0 Å². The van der Waals surface area contributed by atoms with Crippen LogP contribution < -0.4 is 4.74 Å². The van der Waals surface area contributed by atoms with Gasteiger partial charge in [-0.1, -0.05) is 6.07 Å². The molecule has 0 unspecified atom stereocenters. The minimum absolute atomic E-state index is 0.00642. The Morgan fingerprint density at radius 3 is 2.33 bits per heavy atom. The van der Waals surface area contributed by atoms with Crippen LogP contribution in [0.3, 0.4) is 0 Å². The Kier molecular flexibility index (Phi) is 4.84. The molecule has 0 spiro atoms. The molecule has 1 fully saturated rings. The molecule has 0 aliphatic carbocycles. The van der Waals surface area contributed by atoms with E-state index in [2.05, 4.69) is 4.98 Å². The first kappa shape index (κ1) is 16.1. The van der Waals surface area contributed by atoms with E-state index in [1.807, 2.05) is 17.0 Å². The summed E-state index contributed by atoms with van der Waals surface area (Å²) in [6.45, 7) is 2.38. The normalized spacial score (nSPS) is 15.0. The van der Waals surface area contributed by atoms with E-state index in [1.165, 1.54) is 0 Å². The van der Waals surface area contributed by atoms with Crippen molar-refractivity contribution in [2.24, 2.45) is 0 Å². The first-order valence-electron chi connectivity index (χ1n) is 8.04. The fourth-order valence-corrected chi connectivity index (χ4v) is 2.90. The van der Waals surface area contributed by atoms with Crippen molar-refractivity contribution in [1.82, 2.24) is 14.8 Å². The van der Waals surface area contributed by atoms with Crippen molar-refractivity contribution in [2.75, 3.05) is 33.3 Å². The van der Waals surface area contributed by atoms with E-state index in [0.717, 1.165) is 6.42 Å². The van der Waals surface area contributed by atoms with E-state index in [9.17, 15) is 9.59 Å². The van der Waals surface area contributed by atoms with Gasteiger partial charge in [-0.2, -0.15) is 0 Å². The Morgan fingerprint density at radius 2 is 1.71 bits per heavy atom. The standard InChI is InChI=1S/C18H21N3O3/c1-24-16-5-2-4-14(12-16)17(22)20-8-3-9-21(11-10-20)18(23)15-6-7-19-13-15/h2,4-7,12-13,19H,3,8-11H2,1H3. The van der Waals surface area contributed by atoms with Gasteiger partial charge in [0.25, 0.3) is 11.8 Å². The van der Waals surface area contributed by atoms with Crippen LogP contribution in [0.25, 0.3) is 0 Å². The Balaban J connectivity index is 1.66. The summed E-state index contributed by atoms with van der Waals surface area (Å²) < 4.78 is 5.18. The molecule has 126 valence electrons. The Bertz CT molecular complexity index is 712. The van der Waals surface area contributed by atoms with Crippen molar-refractivity contribution in [3.05, 3.63) is 53.9 Å². The third-order valence-corrected chi connectivity index (χ3v) is 4.23. The second-order valence-electron chi connectivity index (χ2n) is 5.77. The highest BCUT2D eigenvalue weighted by molar-refractivity contribution is 5.95. The van der Waals surface area contributed by atoms with Gasteiger partial charge in [0.05, 0.1) is 12.7 Å². The average molecular weight is 327 g/mol. The van der Waals surface area contributed by atoms with Crippen molar-refractivity contribution in [2.45, 2.75) is 6.42 Å². The molecule has 6 heteroatoms. The summed E-state index contributed by atoms with van der Waals surface area (Å²) in [5, 5.41) is 0. The molecule has 0 saturated carbocycles. The fraction of sp³-hybridized carbons (Fsp3) is 0.333. The number of amides is 2. The van der Waals surface area contributed by atoms with E-state index in [4.69, 9.17) is 4.74 Å². The van der Waals surface area contributed by atoms with Crippen molar-refractivity contribution >= 4 is 11.8 Å². The molecule has 1 aliphatic heterocycles. The molecule has 1 aliphatic rings. The molecule has 2 heterocycles. The SMILES string of the molecule is COc1cccc(C(=O)N2CCCN(C(=O)c3cc[nH]c3)CC2)c1. The second-order valence-corrected chi connectivity index (χ2v) is 5.77. The summed E-state index contributed by atoms with van der Waals surface area (Å²) in [5.41, 5.74) is 1.27. The molecule has 1 N–H and O–H groups in total. The first-order chi connectivity index (χ1) is 11.7. The number of aromatic nitrogens is 1. The van der Waals surface area contributed by atoms with Crippen molar-refractivity contribution in [1.29, 1.82) is 0 Å². The number of nitrogens with one attached hydrogen (secondary N) is 1. The van der Waals surface area contributed by atoms with E-state index in [-0.39, 0.29) is 11.8 Å². The lowest BCUT2D eigenvalue weighted by molar-refractivity contribution is 0.0718. The van der Waals surface area contributed by atoms with Gasteiger partial charge in [0.15, 0.2) is 0 Å². The molecule has 24 heavy (non-hydrogen) atoms. The number of H-pyrrole nitrogens is 1. The molecular formula is C18H21N3O3. The fourth-order valence-electron chi connectivity index (χ4n) is 2.90. The van der Waals surface area contributed by atoms with Crippen molar-refractivity contribution in [3.8, 4) is 5.75 Å². The predicted octanol–water partition coefficient (Wildman–Crippen LogP) is 2.01. The predicted molar refractivity (Wildman–Crippen MR) is 90.2 cm³/mol. The number of aromatic amines is 1. The topological polar surface area (TPSA) is 65.6 Å².